The Morgan fingerprint density at radius 2 is 2.07 bits per heavy atom. The number of nitrogens with one attached hydrogen (secondary N) is 1. The first kappa shape index (κ1) is 20.8. The van der Waals surface area contributed by atoms with Crippen LogP contribution < -0.4 is 5.32 Å². The molecule has 1 atom stereocenters. The summed E-state index contributed by atoms with van der Waals surface area (Å²) in [5.74, 6) is 0.920. The molecule has 0 aliphatic carbocycles. The van der Waals surface area contributed by atoms with Gasteiger partial charge in [0.2, 0.25) is 11.8 Å². The fourth-order valence-electron chi connectivity index (χ4n) is 4.21. The van der Waals surface area contributed by atoms with Crippen LogP contribution in [-0.2, 0) is 20.7 Å². The van der Waals surface area contributed by atoms with Crippen molar-refractivity contribution in [3.63, 3.8) is 0 Å². The molecular formula is C20H32N4O4. The van der Waals surface area contributed by atoms with E-state index in [9.17, 15) is 9.59 Å². The maximum absolute atomic E-state index is 12.5. The normalized spacial score (nSPS) is 21.6. The van der Waals surface area contributed by atoms with Gasteiger partial charge in [0.25, 0.3) is 0 Å². The van der Waals surface area contributed by atoms with E-state index in [1.165, 1.54) is 0 Å². The van der Waals surface area contributed by atoms with Crippen LogP contribution in [0.5, 0.6) is 0 Å². The van der Waals surface area contributed by atoms with Gasteiger partial charge in [-0.3, -0.25) is 14.5 Å². The van der Waals surface area contributed by atoms with E-state index in [4.69, 9.17) is 9.26 Å². The lowest BCUT2D eigenvalue weighted by Gasteiger charge is -2.42. The predicted octanol–water partition coefficient (Wildman–Crippen LogP) is 0.991. The van der Waals surface area contributed by atoms with Gasteiger partial charge in [-0.05, 0) is 39.2 Å². The molecule has 2 aliphatic heterocycles. The Balaban J connectivity index is 1.43. The van der Waals surface area contributed by atoms with Crippen molar-refractivity contribution in [1.29, 1.82) is 0 Å². The summed E-state index contributed by atoms with van der Waals surface area (Å²) in [5.41, 5.74) is 0.799. The van der Waals surface area contributed by atoms with Gasteiger partial charge in [0.05, 0.1) is 24.6 Å². The van der Waals surface area contributed by atoms with Crippen molar-refractivity contribution in [2.24, 2.45) is 5.92 Å². The number of nitrogens with zero attached hydrogens (tertiary/aromatic N) is 3. The van der Waals surface area contributed by atoms with Crippen LogP contribution in [0.4, 0.5) is 0 Å². The molecule has 0 bridgehead atoms. The molecule has 2 saturated heterocycles. The second-order valence-corrected chi connectivity index (χ2v) is 7.84. The topological polar surface area (TPSA) is 87.9 Å². The van der Waals surface area contributed by atoms with Crippen LogP contribution >= 0.6 is 0 Å². The third-order valence-corrected chi connectivity index (χ3v) is 5.76. The number of likely N-dealkylation sites (tertiary alicyclic amines) is 2. The average molecular weight is 393 g/mol. The zero-order chi connectivity index (χ0) is 19.9. The van der Waals surface area contributed by atoms with E-state index < -0.39 is 0 Å². The lowest BCUT2D eigenvalue weighted by Crippen LogP contribution is -2.51. The first-order valence-electron chi connectivity index (χ1n) is 10.3. The van der Waals surface area contributed by atoms with Crippen LogP contribution in [0.25, 0.3) is 0 Å². The second kappa shape index (κ2) is 10.0. The van der Waals surface area contributed by atoms with Crippen LogP contribution in [0, 0.1) is 12.8 Å². The Labute approximate surface area is 166 Å². The third kappa shape index (κ3) is 5.54. The highest BCUT2D eigenvalue weighted by Crippen LogP contribution is 2.24. The maximum atomic E-state index is 12.5. The van der Waals surface area contributed by atoms with Gasteiger partial charge in [0.1, 0.15) is 5.76 Å². The minimum absolute atomic E-state index is 0.0555. The SMILES string of the molecule is COCCNC(=O)[C@@H]1CCCN(C2CCN(C(=O)Cc3cc(C)no3)CC2)C1. The Morgan fingerprint density at radius 3 is 2.75 bits per heavy atom. The first-order valence-corrected chi connectivity index (χ1v) is 10.3. The highest BCUT2D eigenvalue weighted by molar-refractivity contribution is 5.79. The van der Waals surface area contributed by atoms with Crippen LogP contribution in [0.3, 0.4) is 0 Å². The quantitative estimate of drug-likeness (QED) is 0.697. The molecule has 2 amide bonds. The molecule has 0 radical (unpaired) electrons. The van der Waals surface area contributed by atoms with E-state index in [0.717, 1.165) is 57.6 Å². The molecule has 28 heavy (non-hydrogen) atoms. The molecule has 1 aromatic rings. The van der Waals surface area contributed by atoms with Gasteiger partial charge < -0.3 is 19.5 Å². The Kier molecular flexibility index (Phi) is 7.44. The largest absolute Gasteiger partial charge is 0.383 e. The average Bonchev–Trinajstić information content (AvgIpc) is 3.13. The van der Waals surface area contributed by atoms with Gasteiger partial charge in [-0.15, -0.1) is 0 Å². The predicted molar refractivity (Wildman–Crippen MR) is 104 cm³/mol. The summed E-state index contributed by atoms with van der Waals surface area (Å²) < 4.78 is 10.2. The number of methoxy groups -OCH3 is 1. The monoisotopic (exact) mass is 392 g/mol. The molecule has 156 valence electrons. The zero-order valence-corrected chi connectivity index (χ0v) is 17.0. The summed E-state index contributed by atoms with van der Waals surface area (Å²) in [4.78, 5) is 29.2. The molecule has 1 aromatic heterocycles. The molecule has 8 heteroatoms. The minimum atomic E-state index is 0.0555. The van der Waals surface area contributed by atoms with Crippen LogP contribution in [0.15, 0.2) is 10.6 Å². The number of piperidine rings is 2. The number of rotatable bonds is 7. The Hall–Kier alpha value is -1.93. The summed E-state index contributed by atoms with van der Waals surface area (Å²) in [6.45, 7) is 6.34. The molecule has 0 saturated carbocycles. The second-order valence-electron chi connectivity index (χ2n) is 7.84. The summed E-state index contributed by atoms with van der Waals surface area (Å²) in [5, 5.41) is 6.81. The third-order valence-electron chi connectivity index (χ3n) is 5.76. The van der Waals surface area contributed by atoms with Gasteiger partial charge in [0, 0.05) is 45.4 Å². The van der Waals surface area contributed by atoms with E-state index in [1.807, 2.05) is 17.9 Å². The van der Waals surface area contributed by atoms with Crippen molar-refractivity contribution in [1.82, 2.24) is 20.3 Å². The fraction of sp³-hybridized carbons (Fsp3) is 0.750. The Bertz CT molecular complexity index is 654. The number of hydrogen-bond donors (Lipinski definition) is 1. The van der Waals surface area contributed by atoms with E-state index in [2.05, 4.69) is 15.4 Å². The number of carbonyl (C=O) groups is 2. The van der Waals surface area contributed by atoms with Gasteiger partial charge in [-0.2, -0.15) is 0 Å². The number of amides is 2. The van der Waals surface area contributed by atoms with Crippen molar-refractivity contribution in [2.75, 3.05) is 46.4 Å². The van der Waals surface area contributed by atoms with E-state index in [-0.39, 0.29) is 24.2 Å². The zero-order valence-electron chi connectivity index (χ0n) is 17.0. The van der Waals surface area contributed by atoms with Crippen LogP contribution in [-0.4, -0.2) is 79.3 Å². The van der Waals surface area contributed by atoms with Crippen molar-refractivity contribution >= 4 is 11.8 Å². The number of carbonyl (C=O) groups excluding carboxylic acids is 2. The number of hydrogen-bond acceptors (Lipinski definition) is 6. The highest BCUT2D eigenvalue weighted by Gasteiger charge is 2.32. The van der Waals surface area contributed by atoms with Crippen molar-refractivity contribution in [3.05, 3.63) is 17.5 Å². The van der Waals surface area contributed by atoms with Crippen molar-refractivity contribution in [3.8, 4) is 0 Å². The van der Waals surface area contributed by atoms with E-state index >= 15 is 0 Å². The number of aromatic nitrogens is 1. The number of aryl methyl sites for hydroxylation is 1. The molecule has 2 aliphatic rings. The molecule has 3 heterocycles. The van der Waals surface area contributed by atoms with Gasteiger partial charge in [-0.1, -0.05) is 5.16 Å². The van der Waals surface area contributed by atoms with Gasteiger partial charge in [0.15, 0.2) is 0 Å². The van der Waals surface area contributed by atoms with Crippen molar-refractivity contribution < 1.29 is 18.8 Å². The molecule has 0 spiro atoms. The molecular weight excluding hydrogens is 360 g/mol. The van der Waals surface area contributed by atoms with Gasteiger partial charge >= 0.3 is 0 Å². The maximum Gasteiger partial charge on any atom is 0.230 e. The molecule has 1 N–H and O–H groups in total. The lowest BCUT2D eigenvalue weighted by molar-refractivity contribution is -0.132. The Morgan fingerprint density at radius 1 is 1.29 bits per heavy atom. The van der Waals surface area contributed by atoms with Crippen LogP contribution in [0.2, 0.25) is 0 Å². The molecule has 3 rings (SSSR count). The molecule has 0 aromatic carbocycles. The standard InChI is InChI=1S/C20H32N4O4/c1-15-12-18(28-22-15)13-19(25)23-9-5-17(6-10-23)24-8-3-4-16(14-24)20(26)21-7-11-27-2/h12,16-17H,3-11,13-14H2,1-2H3,(H,21,26)/t16-/m1/s1. The summed E-state index contributed by atoms with van der Waals surface area (Å²) in [6.07, 6.45) is 4.19. The summed E-state index contributed by atoms with van der Waals surface area (Å²) >= 11 is 0. The van der Waals surface area contributed by atoms with E-state index in [1.54, 1.807) is 7.11 Å². The molecule has 2 fully saturated rings. The lowest BCUT2D eigenvalue weighted by atomic mass is 9.93. The summed E-state index contributed by atoms with van der Waals surface area (Å²) in [6, 6.07) is 2.27. The smallest absolute Gasteiger partial charge is 0.230 e. The fourth-order valence-corrected chi connectivity index (χ4v) is 4.21. The highest BCUT2D eigenvalue weighted by atomic mass is 16.5. The van der Waals surface area contributed by atoms with Crippen molar-refractivity contribution in [2.45, 2.75) is 45.1 Å². The summed E-state index contributed by atoms with van der Waals surface area (Å²) in [7, 11) is 1.64. The van der Waals surface area contributed by atoms with Crippen LogP contribution in [0.1, 0.15) is 37.1 Å². The van der Waals surface area contributed by atoms with E-state index in [0.29, 0.717) is 25.0 Å². The van der Waals surface area contributed by atoms with Gasteiger partial charge in [-0.25, -0.2) is 0 Å². The minimum Gasteiger partial charge on any atom is -0.383 e. The molecule has 8 nitrogen and oxygen atoms in total. The molecule has 0 unspecified atom stereocenters. The first-order chi connectivity index (χ1) is 13.6. The number of ether oxygens (including phenoxy) is 1.